The van der Waals surface area contributed by atoms with Gasteiger partial charge in [-0.05, 0) is 72.6 Å². The minimum atomic E-state index is -1.01. The van der Waals surface area contributed by atoms with Gasteiger partial charge in [0.15, 0.2) is 5.17 Å². The highest BCUT2D eigenvalue weighted by Crippen LogP contribution is 2.39. The molecule has 0 atom stereocenters. The molecule has 1 N–H and O–H groups in total. The van der Waals surface area contributed by atoms with E-state index in [1.54, 1.807) is 17.0 Å². The highest BCUT2D eigenvalue weighted by Gasteiger charge is 2.38. The standard InChI is InChI=1S/C30H27ClN2O4S/c31-23-15-13-20(14-16-23)19-37-26-12-5-4-7-21(26)18-27-28(34)33(25-10-2-1-3-11-25)30(38-27)32-24-9-6-8-22(17-24)29(35)36/h4-9,12-18,25H,1-3,10-11,19H2,(H,35,36)/b27-18-,32-30?. The smallest absolute Gasteiger partial charge is 0.335 e. The second kappa shape index (κ2) is 11.9. The van der Waals surface area contributed by atoms with Crippen LogP contribution in [0.2, 0.25) is 5.02 Å². The summed E-state index contributed by atoms with van der Waals surface area (Å²) in [5, 5.41) is 10.6. The lowest BCUT2D eigenvalue weighted by Gasteiger charge is -2.30. The third kappa shape index (κ3) is 6.11. The summed E-state index contributed by atoms with van der Waals surface area (Å²) in [6.07, 6.45) is 7.02. The van der Waals surface area contributed by atoms with Crippen LogP contribution in [-0.2, 0) is 11.4 Å². The molecule has 1 heterocycles. The van der Waals surface area contributed by atoms with E-state index < -0.39 is 5.97 Å². The molecule has 5 rings (SSSR count). The number of carboxylic acid groups (broad SMARTS) is 1. The van der Waals surface area contributed by atoms with E-state index in [1.165, 1.54) is 30.3 Å². The molecule has 3 aromatic rings. The Morgan fingerprint density at radius 2 is 1.82 bits per heavy atom. The summed E-state index contributed by atoms with van der Waals surface area (Å²) in [5.41, 5.74) is 2.46. The number of halogens is 1. The number of ether oxygens (including phenoxy) is 1. The number of benzene rings is 3. The molecular weight excluding hydrogens is 520 g/mol. The molecule has 0 unspecified atom stereocenters. The number of amidine groups is 1. The Bertz CT molecular complexity index is 1400. The molecule has 1 saturated heterocycles. The molecular formula is C30H27ClN2O4S. The van der Waals surface area contributed by atoms with Crippen molar-refractivity contribution in [3.63, 3.8) is 0 Å². The molecule has 0 spiro atoms. The fraction of sp³-hybridized carbons (Fsp3) is 0.233. The highest BCUT2D eigenvalue weighted by atomic mass is 35.5. The molecule has 1 aliphatic carbocycles. The lowest BCUT2D eigenvalue weighted by atomic mass is 9.94. The number of aliphatic imine (C=N–C) groups is 1. The van der Waals surface area contributed by atoms with Crippen LogP contribution in [0.4, 0.5) is 5.69 Å². The van der Waals surface area contributed by atoms with E-state index in [-0.39, 0.29) is 17.5 Å². The van der Waals surface area contributed by atoms with Crippen molar-refractivity contribution in [1.29, 1.82) is 0 Å². The Kier molecular flexibility index (Phi) is 8.15. The van der Waals surface area contributed by atoms with E-state index in [2.05, 4.69) is 0 Å². The second-order valence-electron chi connectivity index (χ2n) is 9.28. The molecule has 0 aromatic heterocycles. The Balaban J connectivity index is 1.45. The van der Waals surface area contributed by atoms with Gasteiger partial charge in [-0.25, -0.2) is 9.79 Å². The minimum absolute atomic E-state index is 0.0763. The molecule has 3 aromatic carbocycles. The van der Waals surface area contributed by atoms with E-state index in [1.807, 2.05) is 54.6 Å². The lowest BCUT2D eigenvalue weighted by molar-refractivity contribution is -0.124. The average Bonchev–Trinajstić information content (AvgIpc) is 3.23. The first-order valence-electron chi connectivity index (χ1n) is 12.6. The Morgan fingerprint density at radius 3 is 2.58 bits per heavy atom. The summed E-state index contributed by atoms with van der Waals surface area (Å²) in [4.78, 5) is 32.3. The van der Waals surface area contributed by atoms with Crippen LogP contribution in [0.15, 0.2) is 82.7 Å². The summed E-state index contributed by atoms with van der Waals surface area (Å²) >= 11 is 7.31. The summed E-state index contributed by atoms with van der Waals surface area (Å²) in [6, 6.07) is 21.7. The van der Waals surface area contributed by atoms with Crippen molar-refractivity contribution in [2.45, 2.75) is 44.8 Å². The lowest BCUT2D eigenvalue weighted by Crippen LogP contribution is -2.40. The SMILES string of the molecule is O=C(O)c1cccc(N=C2S/C(=C\c3ccccc3OCc3ccc(Cl)cc3)C(=O)N2C2CCCCC2)c1. The van der Waals surface area contributed by atoms with Crippen LogP contribution >= 0.6 is 23.4 Å². The predicted octanol–water partition coefficient (Wildman–Crippen LogP) is 7.55. The summed E-state index contributed by atoms with van der Waals surface area (Å²) in [5.74, 6) is -0.420. The van der Waals surface area contributed by atoms with Gasteiger partial charge >= 0.3 is 5.97 Å². The number of rotatable bonds is 7. The van der Waals surface area contributed by atoms with E-state index in [9.17, 15) is 14.7 Å². The van der Waals surface area contributed by atoms with E-state index in [0.29, 0.717) is 33.1 Å². The first kappa shape index (κ1) is 26.1. The van der Waals surface area contributed by atoms with E-state index in [0.717, 1.165) is 36.8 Å². The fourth-order valence-corrected chi connectivity index (χ4v) is 5.83. The molecule has 0 radical (unpaired) electrons. The molecule has 2 fully saturated rings. The zero-order valence-corrected chi connectivity index (χ0v) is 22.3. The quantitative estimate of drug-likeness (QED) is 0.309. The predicted molar refractivity (Wildman–Crippen MR) is 152 cm³/mol. The van der Waals surface area contributed by atoms with Crippen LogP contribution in [0.25, 0.3) is 6.08 Å². The van der Waals surface area contributed by atoms with Crippen LogP contribution in [0.3, 0.4) is 0 Å². The topological polar surface area (TPSA) is 79.2 Å². The van der Waals surface area contributed by atoms with Crippen LogP contribution in [0.1, 0.15) is 53.6 Å². The zero-order valence-electron chi connectivity index (χ0n) is 20.7. The van der Waals surface area contributed by atoms with Crippen molar-refractivity contribution in [3.8, 4) is 5.75 Å². The number of nitrogens with zero attached hydrogens (tertiary/aromatic N) is 2. The van der Waals surface area contributed by atoms with Gasteiger partial charge in [0.1, 0.15) is 12.4 Å². The van der Waals surface area contributed by atoms with Crippen molar-refractivity contribution >= 4 is 52.2 Å². The molecule has 6 nitrogen and oxygen atoms in total. The summed E-state index contributed by atoms with van der Waals surface area (Å²) in [7, 11) is 0. The first-order chi connectivity index (χ1) is 18.5. The van der Waals surface area contributed by atoms with Crippen LogP contribution in [0.5, 0.6) is 5.75 Å². The number of para-hydroxylation sites is 1. The largest absolute Gasteiger partial charge is 0.488 e. The molecule has 1 aliphatic heterocycles. The monoisotopic (exact) mass is 546 g/mol. The Morgan fingerprint density at radius 1 is 1.05 bits per heavy atom. The number of hydrogen-bond acceptors (Lipinski definition) is 5. The molecule has 38 heavy (non-hydrogen) atoms. The van der Waals surface area contributed by atoms with Crippen LogP contribution in [-0.4, -0.2) is 33.1 Å². The van der Waals surface area contributed by atoms with Crippen molar-refractivity contribution in [2.75, 3.05) is 0 Å². The van der Waals surface area contributed by atoms with Gasteiger partial charge < -0.3 is 9.84 Å². The number of carbonyl (C=O) groups excluding carboxylic acids is 1. The van der Waals surface area contributed by atoms with E-state index >= 15 is 0 Å². The number of hydrogen-bond donors (Lipinski definition) is 1. The average molecular weight is 547 g/mol. The number of amides is 1. The molecule has 1 amide bonds. The summed E-state index contributed by atoms with van der Waals surface area (Å²) in [6.45, 7) is 0.374. The minimum Gasteiger partial charge on any atom is -0.488 e. The van der Waals surface area contributed by atoms with Gasteiger partial charge in [-0.15, -0.1) is 0 Å². The van der Waals surface area contributed by atoms with Gasteiger partial charge in [0, 0.05) is 16.6 Å². The normalized spacial score (nSPS) is 18.3. The van der Waals surface area contributed by atoms with Gasteiger partial charge in [0.2, 0.25) is 0 Å². The summed E-state index contributed by atoms with van der Waals surface area (Å²) < 4.78 is 6.10. The maximum atomic E-state index is 13.7. The van der Waals surface area contributed by atoms with Gasteiger partial charge in [-0.3, -0.25) is 9.69 Å². The highest BCUT2D eigenvalue weighted by molar-refractivity contribution is 8.18. The third-order valence-electron chi connectivity index (χ3n) is 6.61. The molecule has 8 heteroatoms. The second-order valence-corrected chi connectivity index (χ2v) is 10.7. The first-order valence-corrected chi connectivity index (χ1v) is 13.8. The number of carbonyl (C=O) groups is 2. The van der Waals surface area contributed by atoms with Crippen molar-refractivity contribution < 1.29 is 19.4 Å². The number of aromatic carboxylic acids is 1. The molecule has 2 aliphatic rings. The Hall–Kier alpha value is -3.55. The van der Waals surface area contributed by atoms with Crippen molar-refractivity contribution in [3.05, 3.63) is 99.4 Å². The van der Waals surface area contributed by atoms with Crippen LogP contribution in [0, 0.1) is 0 Å². The number of carboxylic acids is 1. The van der Waals surface area contributed by atoms with Gasteiger partial charge in [-0.2, -0.15) is 0 Å². The third-order valence-corrected chi connectivity index (χ3v) is 7.84. The van der Waals surface area contributed by atoms with Gasteiger partial charge in [0.25, 0.3) is 5.91 Å². The van der Waals surface area contributed by atoms with E-state index in [4.69, 9.17) is 21.3 Å². The van der Waals surface area contributed by atoms with Gasteiger partial charge in [0.05, 0.1) is 16.2 Å². The molecule has 1 saturated carbocycles. The van der Waals surface area contributed by atoms with Gasteiger partial charge in [-0.1, -0.05) is 67.3 Å². The van der Waals surface area contributed by atoms with Crippen molar-refractivity contribution in [2.24, 2.45) is 4.99 Å². The van der Waals surface area contributed by atoms with Crippen LogP contribution < -0.4 is 4.74 Å². The maximum absolute atomic E-state index is 13.7. The fourth-order valence-electron chi connectivity index (χ4n) is 4.66. The van der Waals surface area contributed by atoms with Crippen molar-refractivity contribution in [1.82, 2.24) is 4.90 Å². The number of thioether (sulfide) groups is 1. The zero-order chi connectivity index (χ0) is 26.5. The Labute approximate surface area is 231 Å². The maximum Gasteiger partial charge on any atom is 0.335 e. The molecule has 194 valence electrons. The molecule has 0 bridgehead atoms.